The van der Waals surface area contributed by atoms with Crippen LogP contribution in [0, 0.1) is 0 Å². The first kappa shape index (κ1) is 12.4. The first-order valence-electron chi connectivity index (χ1n) is 5.31. The van der Waals surface area contributed by atoms with Crippen LogP contribution in [0.1, 0.15) is 16.7 Å². The molecule has 0 aliphatic carbocycles. The van der Waals surface area contributed by atoms with Crippen LogP contribution < -0.4 is 5.73 Å². The van der Waals surface area contributed by atoms with Crippen molar-refractivity contribution in [2.75, 3.05) is 5.73 Å². The largest absolute Gasteiger partial charge is 0.416 e. The summed E-state index contributed by atoms with van der Waals surface area (Å²) < 4.78 is 37.4. The minimum Gasteiger partial charge on any atom is -0.398 e. The second-order valence-corrected chi connectivity index (χ2v) is 3.95. The number of nitrogen functional groups attached to an aromatic ring is 1. The SMILES string of the molecule is Nc1cc(C(F)(F)F)ccc1Cc1cccnc1. The summed E-state index contributed by atoms with van der Waals surface area (Å²) in [5.41, 5.74) is 6.63. The van der Waals surface area contributed by atoms with E-state index in [1.54, 1.807) is 18.5 Å². The molecule has 0 saturated heterocycles. The Kier molecular flexibility index (Phi) is 3.23. The fraction of sp³-hybridized carbons (Fsp3) is 0.154. The Morgan fingerprint density at radius 3 is 2.50 bits per heavy atom. The normalized spacial score (nSPS) is 11.5. The minimum absolute atomic E-state index is 0.147. The first-order valence-corrected chi connectivity index (χ1v) is 5.31. The van der Waals surface area contributed by atoms with E-state index in [4.69, 9.17) is 5.73 Å². The van der Waals surface area contributed by atoms with Gasteiger partial charge in [0.15, 0.2) is 0 Å². The van der Waals surface area contributed by atoms with Crippen molar-refractivity contribution in [3.63, 3.8) is 0 Å². The highest BCUT2D eigenvalue weighted by Gasteiger charge is 2.30. The van der Waals surface area contributed by atoms with Gasteiger partial charge in [-0.1, -0.05) is 12.1 Å². The van der Waals surface area contributed by atoms with E-state index in [0.29, 0.717) is 12.0 Å². The second kappa shape index (κ2) is 4.68. The van der Waals surface area contributed by atoms with Crippen LogP contribution in [0.4, 0.5) is 18.9 Å². The van der Waals surface area contributed by atoms with Crippen LogP contribution in [0.2, 0.25) is 0 Å². The molecule has 1 heterocycles. The van der Waals surface area contributed by atoms with Crippen molar-refractivity contribution in [3.05, 3.63) is 59.4 Å². The number of alkyl halides is 3. The quantitative estimate of drug-likeness (QED) is 0.833. The summed E-state index contributed by atoms with van der Waals surface area (Å²) in [5.74, 6) is 0. The number of nitrogens with two attached hydrogens (primary N) is 1. The summed E-state index contributed by atoms with van der Waals surface area (Å²) in [6, 6.07) is 7.04. The molecule has 0 aliphatic rings. The van der Waals surface area contributed by atoms with E-state index in [2.05, 4.69) is 4.98 Å². The number of hydrogen-bond acceptors (Lipinski definition) is 2. The lowest BCUT2D eigenvalue weighted by atomic mass is 10.0. The molecule has 1 aromatic carbocycles. The summed E-state index contributed by atoms with van der Waals surface area (Å²) >= 11 is 0. The zero-order valence-electron chi connectivity index (χ0n) is 9.41. The van der Waals surface area contributed by atoms with Crippen LogP contribution in [0.3, 0.4) is 0 Å². The molecule has 5 heteroatoms. The lowest BCUT2D eigenvalue weighted by molar-refractivity contribution is -0.137. The number of nitrogens with zero attached hydrogens (tertiary/aromatic N) is 1. The Bertz CT molecular complexity index is 536. The molecule has 18 heavy (non-hydrogen) atoms. The number of aromatic nitrogens is 1. The number of halogens is 3. The molecule has 2 aromatic rings. The fourth-order valence-corrected chi connectivity index (χ4v) is 1.65. The predicted octanol–water partition coefficient (Wildman–Crippen LogP) is 3.27. The van der Waals surface area contributed by atoms with Gasteiger partial charge in [0.05, 0.1) is 5.56 Å². The van der Waals surface area contributed by atoms with Gasteiger partial charge in [-0.25, -0.2) is 0 Å². The maximum absolute atomic E-state index is 12.5. The van der Waals surface area contributed by atoms with Crippen LogP contribution in [0.25, 0.3) is 0 Å². The van der Waals surface area contributed by atoms with Gasteiger partial charge in [0.1, 0.15) is 0 Å². The van der Waals surface area contributed by atoms with Gasteiger partial charge in [0, 0.05) is 24.5 Å². The molecule has 94 valence electrons. The molecular formula is C13H11F3N2. The highest BCUT2D eigenvalue weighted by Crippen LogP contribution is 2.31. The van der Waals surface area contributed by atoms with E-state index in [0.717, 1.165) is 17.7 Å². The standard InChI is InChI=1S/C13H11F3N2/c14-13(15,16)11-4-3-10(12(17)7-11)6-9-2-1-5-18-8-9/h1-5,7-8H,6,17H2. The Hall–Kier alpha value is -2.04. The molecule has 2 nitrogen and oxygen atoms in total. The average Bonchev–Trinajstić information content (AvgIpc) is 2.32. The third kappa shape index (κ3) is 2.80. The molecule has 1 aromatic heterocycles. The summed E-state index contributed by atoms with van der Waals surface area (Å²) in [6.45, 7) is 0. The maximum atomic E-state index is 12.5. The maximum Gasteiger partial charge on any atom is 0.416 e. The third-order valence-electron chi connectivity index (χ3n) is 2.59. The predicted molar refractivity (Wildman–Crippen MR) is 62.9 cm³/mol. The lowest BCUT2D eigenvalue weighted by Gasteiger charge is -2.10. The van der Waals surface area contributed by atoms with Crippen LogP contribution in [-0.4, -0.2) is 4.98 Å². The summed E-state index contributed by atoms with van der Waals surface area (Å²) in [6.07, 6.45) is -0.588. The molecule has 2 N–H and O–H groups in total. The van der Waals surface area contributed by atoms with E-state index in [9.17, 15) is 13.2 Å². The highest BCUT2D eigenvalue weighted by atomic mass is 19.4. The molecule has 0 aliphatic heterocycles. The molecule has 2 rings (SSSR count). The average molecular weight is 252 g/mol. The molecule has 0 bridgehead atoms. The van der Waals surface area contributed by atoms with Gasteiger partial charge in [-0.05, 0) is 29.3 Å². The van der Waals surface area contributed by atoms with Crippen LogP contribution >= 0.6 is 0 Å². The first-order chi connectivity index (χ1) is 8.47. The summed E-state index contributed by atoms with van der Waals surface area (Å²) in [7, 11) is 0. The van der Waals surface area contributed by atoms with Crippen molar-refractivity contribution in [2.24, 2.45) is 0 Å². The van der Waals surface area contributed by atoms with Crippen LogP contribution in [0.5, 0.6) is 0 Å². The van der Waals surface area contributed by atoms with E-state index in [1.165, 1.54) is 6.07 Å². The number of pyridine rings is 1. The van der Waals surface area contributed by atoms with E-state index in [-0.39, 0.29) is 5.69 Å². The van der Waals surface area contributed by atoms with Crippen LogP contribution in [-0.2, 0) is 12.6 Å². The Morgan fingerprint density at radius 2 is 1.94 bits per heavy atom. The highest BCUT2D eigenvalue weighted by molar-refractivity contribution is 5.51. The van der Waals surface area contributed by atoms with Crippen LogP contribution in [0.15, 0.2) is 42.7 Å². The van der Waals surface area contributed by atoms with Gasteiger partial charge in [-0.15, -0.1) is 0 Å². The zero-order chi connectivity index (χ0) is 13.2. The smallest absolute Gasteiger partial charge is 0.398 e. The van der Waals surface area contributed by atoms with Crippen molar-refractivity contribution in [2.45, 2.75) is 12.6 Å². The molecule has 0 unspecified atom stereocenters. The molecule has 0 radical (unpaired) electrons. The van der Waals surface area contributed by atoms with Crippen molar-refractivity contribution in [1.29, 1.82) is 0 Å². The van der Waals surface area contributed by atoms with Crippen molar-refractivity contribution in [1.82, 2.24) is 4.98 Å². The van der Waals surface area contributed by atoms with Crippen molar-refractivity contribution >= 4 is 5.69 Å². The lowest BCUT2D eigenvalue weighted by Crippen LogP contribution is -2.07. The molecule has 0 fully saturated rings. The molecule has 0 atom stereocenters. The zero-order valence-corrected chi connectivity index (χ0v) is 9.41. The van der Waals surface area contributed by atoms with E-state index >= 15 is 0 Å². The molecule has 0 saturated carbocycles. The van der Waals surface area contributed by atoms with Crippen molar-refractivity contribution < 1.29 is 13.2 Å². The number of anilines is 1. The van der Waals surface area contributed by atoms with Gasteiger partial charge in [0.2, 0.25) is 0 Å². The van der Waals surface area contributed by atoms with Gasteiger partial charge in [0.25, 0.3) is 0 Å². The molecular weight excluding hydrogens is 241 g/mol. The monoisotopic (exact) mass is 252 g/mol. The number of rotatable bonds is 2. The second-order valence-electron chi connectivity index (χ2n) is 3.95. The molecule has 0 amide bonds. The van der Waals surface area contributed by atoms with Gasteiger partial charge in [-0.2, -0.15) is 13.2 Å². The van der Waals surface area contributed by atoms with E-state index < -0.39 is 11.7 Å². The summed E-state index contributed by atoms with van der Waals surface area (Å²) in [4.78, 5) is 3.95. The Balaban J connectivity index is 2.26. The topological polar surface area (TPSA) is 38.9 Å². The number of hydrogen-bond donors (Lipinski definition) is 1. The number of benzene rings is 1. The van der Waals surface area contributed by atoms with E-state index in [1.807, 2.05) is 6.07 Å². The third-order valence-corrected chi connectivity index (χ3v) is 2.59. The fourth-order valence-electron chi connectivity index (χ4n) is 1.65. The minimum atomic E-state index is -4.36. The van der Waals surface area contributed by atoms with Gasteiger partial charge in [-0.3, -0.25) is 4.98 Å². The molecule has 0 spiro atoms. The van der Waals surface area contributed by atoms with Gasteiger partial charge >= 0.3 is 6.18 Å². The Morgan fingerprint density at radius 1 is 1.17 bits per heavy atom. The Labute approximate surface area is 102 Å². The van der Waals surface area contributed by atoms with Crippen molar-refractivity contribution in [3.8, 4) is 0 Å². The van der Waals surface area contributed by atoms with Gasteiger partial charge < -0.3 is 5.73 Å². The summed E-state index contributed by atoms with van der Waals surface area (Å²) in [5, 5.41) is 0.